The summed E-state index contributed by atoms with van der Waals surface area (Å²) in [7, 11) is 0. The van der Waals surface area contributed by atoms with E-state index in [1.54, 1.807) is 0 Å². The number of rotatable bonds is 5. The van der Waals surface area contributed by atoms with Crippen molar-refractivity contribution in [1.82, 2.24) is 5.32 Å². The molecule has 2 N–H and O–H groups in total. The van der Waals surface area contributed by atoms with Crippen LogP contribution in [0.5, 0.6) is 0 Å². The van der Waals surface area contributed by atoms with Gasteiger partial charge in [0.25, 0.3) is 0 Å². The van der Waals surface area contributed by atoms with E-state index < -0.39 is 5.97 Å². The van der Waals surface area contributed by atoms with Crippen LogP contribution in [0.2, 0.25) is 0 Å². The summed E-state index contributed by atoms with van der Waals surface area (Å²) < 4.78 is 5.61. The van der Waals surface area contributed by atoms with Gasteiger partial charge < -0.3 is 15.2 Å². The van der Waals surface area contributed by atoms with E-state index in [4.69, 9.17) is 9.84 Å². The van der Waals surface area contributed by atoms with Gasteiger partial charge in [-0.15, -0.1) is 0 Å². The van der Waals surface area contributed by atoms with Gasteiger partial charge in [0, 0.05) is 19.1 Å². The first-order valence-electron chi connectivity index (χ1n) is 7.79. The average molecular weight is 283 g/mol. The Morgan fingerprint density at radius 1 is 1.10 bits per heavy atom. The second kappa shape index (κ2) is 7.62. The Hall–Kier alpha value is -1.10. The van der Waals surface area contributed by atoms with Gasteiger partial charge >= 0.3 is 5.97 Å². The zero-order chi connectivity index (χ0) is 14.4. The minimum absolute atomic E-state index is 0.0814. The molecule has 0 spiro atoms. The molecule has 5 heteroatoms. The van der Waals surface area contributed by atoms with Crippen molar-refractivity contribution in [3.63, 3.8) is 0 Å². The van der Waals surface area contributed by atoms with Gasteiger partial charge in [0.05, 0.1) is 12.0 Å². The van der Waals surface area contributed by atoms with Crippen LogP contribution in [0.15, 0.2) is 0 Å². The van der Waals surface area contributed by atoms with Gasteiger partial charge in [0.2, 0.25) is 5.91 Å². The van der Waals surface area contributed by atoms with Crippen LogP contribution in [0.3, 0.4) is 0 Å². The topological polar surface area (TPSA) is 75.6 Å². The quantitative estimate of drug-likeness (QED) is 0.810. The van der Waals surface area contributed by atoms with E-state index >= 15 is 0 Å². The first-order valence-corrected chi connectivity index (χ1v) is 7.79. The van der Waals surface area contributed by atoms with Crippen LogP contribution in [-0.2, 0) is 14.3 Å². The van der Waals surface area contributed by atoms with Gasteiger partial charge in [-0.3, -0.25) is 9.59 Å². The Labute approximate surface area is 120 Å². The van der Waals surface area contributed by atoms with Crippen molar-refractivity contribution in [2.24, 2.45) is 5.92 Å². The van der Waals surface area contributed by atoms with Crippen LogP contribution in [0.4, 0.5) is 0 Å². The van der Waals surface area contributed by atoms with E-state index in [1.807, 2.05) is 0 Å². The van der Waals surface area contributed by atoms with E-state index in [2.05, 4.69) is 5.32 Å². The van der Waals surface area contributed by atoms with E-state index in [0.29, 0.717) is 19.3 Å². The molecule has 1 aliphatic carbocycles. The lowest BCUT2D eigenvalue weighted by Crippen LogP contribution is -2.39. The van der Waals surface area contributed by atoms with Crippen LogP contribution in [0.1, 0.15) is 57.8 Å². The fourth-order valence-corrected chi connectivity index (χ4v) is 3.11. The zero-order valence-electron chi connectivity index (χ0n) is 12.0. The molecule has 1 unspecified atom stereocenters. The molecule has 0 aromatic rings. The summed E-state index contributed by atoms with van der Waals surface area (Å²) in [4.78, 5) is 22.7. The van der Waals surface area contributed by atoms with Gasteiger partial charge in [-0.25, -0.2) is 0 Å². The maximum absolute atomic E-state index is 11.9. The molecule has 1 amide bonds. The third kappa shape index (κ3) is 4.78. The number of amides is 1. The molecule has 5 nitrogen and oxygen atoms in total. The lowest BCUT2D eigenvalue weighted by atomic mass is 9.86. The Morgan fingerprint density at radius 2 is 1.85 bits per heavy atom. The van der Waals surface area contributed by atoms with Crippen LogP contribution in [0, 0.1) is 5.92 Å². The molecule has 2 fully saturated rings. The first kappa shape index (κ1) is 15.3. The fourth-order valence-electron chi connectivity index (χ4n) is 3.11. The predicted octanol–water partition coefficient (Wildman–Crippen LogP) is 2.10. The summed E-state index contributed by atoms with van der Waals surface area (Å²) in [5, 5.41) is 12.0. The molecule has 1 saturated carbocycles. The molecular formula is C15H25NO4. The SMILES string of the molecule is O=C(CCC1CCCCO1)NC1CCC(C(=O)O)CC1. The molecule has 1 aliphatic heterocycles. The smallest absolute Gasteiger partial charge is 0.306 e. The molecular weight excluding hydrogens is 258 g/mol. The highest BCUT2D eigenvalue weighted by Gasteiger charge is 2.26. The third-order valence-electron chi connectivity index (χ3n) is 4.41. The van der Waals surface area contributed by atoms with Crippen molar-refractivity contribution >= 4 is 11.9 Å². The molecule has 1 saturated heterocycles. The lowest BCUT2D eigenvalue weighted by Gasteiger charge is -2.27. The normalized spacial score (nSPS) is 30.7. The molecule has 2 rings (SSSR count). The number of carboxylic acid groups (broad SMARTS) is 1. The maximum atomic E-state index is 11.9. The minimum atomic E-state index is -0.704. The summed E-state index contributed by atoms with van der Waals surface area (Å²) >= 11 is 0. The van der Waals surface area contributed by atoms with Crippen LogP contribution in [0.25, 0.3) is 0 Å². The second-order valence-electron chi connectivity index (χ2n) is 5.98. The summed E-state index contributed by atoms with van der Waals surface area (Å²) in [5.41, 5.74) is 0. The fraction of sp³-hybridized carbons (Fsp3) is 0.867. The molecule has 0 aromatic carbocycles. The molecule has 1 heterocycles. The molecule has 0 radical (unpaired) electrons. The van der Waals surface area contributed by atoms with Crippen molar-refractivity contribution in [1.29, 1.82) is 0 Å². The molecule has 1 atom stereocenters. The van der Waals surface area contributed by atoms with Gasteiger partial charge in [-0.2, -0.15) is 0 Å². The number of carboxylic acids is 1. The van der Waals surface area contributed by atoms with Crippen molar-refractivity contribution in [2.75, 3.05) is 6.61 Å². The van der Waals surface area contributed by atoms with Crippen molar-refractivity contribution < 1.29 is 19.4 Å². The number of hydrogen-bond donors (Lipinski definition) is 2. The number of ether oxygens (including phenoxy) is 1. The van der Waals surface area contributed by atoms with Crippen LogP contribution < -0.4 is 5.32 Å². The largest absolute Gasteiger partial charge is 0.481 e. The Balaban J connectivity index is 1.61. The Bertz CT molecular complexity index is 331. The highest BCUT2D eigenvalue weighted by molar-refractivity contribution is 5.76. The summed E-state index contributed by atoms with van der Waals surface area (Å²) in [5.74, 6) is -0.846. The monoisotopic (exact) mass is 283 g/mol. The maximum Gasteiger partial charge on any atom is 0.306 e. The Morgan fingerprint density at radius 3 is 2.45 bits per heavy atom. The van der Waals surface area contributed by atoms with Gasteiger partial charge in [0.1, 0.15) is 0 Å². The Kier molecular flexibility index (Phi) is 5.83. The molecule has 20 heavy (non-hydrogen) atoms. The van der Waals surface area contributed by atoms with E-state index in [1.165, 1.54) is 6.42 Å². The number of carbonyl (C=O) groups excluding carboxylic acids is 1. The molecule has 2 aliphatic rings. The first-order chi connectivity index (χ1) is 9.65. The number of hydrogen-bond acceptors (Lipinski definition) is 3. The standard InChI is InChI=1S/C15H25NO4/c17-14(9-8-13-3-1-2-10-20-13)16-12-6-4-11(5-7-12)15(18)19/h11-13H,1-10H2,(H,16,17)(H,18,19). The van der Waals surface area contributed by atoms with Crippen molar-refractivity contribution in [3.05, 3.63) is 0 Å². The number of carbonyl (C=O) groups is 2. The number of nitrogens with one attached hydrogen (secondary N) is 1. The van der Waals surface area contributed by atoms with Gasteiger partial charge in [-0.1, -0.05) is 0 Å². The summed E-state index contributed by atoms with van der Waals surface area (Å²) in [6, 6.07) is 0.158. The van der Waals surface area contributed by atoms with Crippen LogP contribution in [-0.4, -0.2) is 35.7 Å². The predicted molar refractivity (Wildman–Crippen MR) is 74.3 cm³/mol. The second-order valence-corrected chi connectivity index (χ2v) is 5.98. The number of aliphatic carboxylic acids is 1. The third-order valence-corrected chi connectivity index (χ3v) is 4.41. The summed E-state index contributed by atoms with van der Waals surface area (Å²) in [6.07, 6.45) is 7.87. The summed E-state index contributed by atoms with van der Waals surface area (Å²) in [6.45, 7) is 0.825. The van der Waals surface area contributed by atoms with E-state index in [9.17, 15) is 9.59 Å². The molecule has 0 aromatic heterocycles. The van der Waals surface area contributed by atoms with E-state index in [-0.39, 0.29) is 24.0 Å². The molecule has 114 valence electrons. The van der Waals surface area contributed by atoms with Gasteiger partial charge in [-0.05, 0) is 51.4 Å². The average Bonchev–Trinajstić information content (AvgIpc) is 2.47. The van der Waals surface area contributed by atoms with Crippen molar-refractivity contribution in [3.8, 4) is 0 Å². The minimum Gasteiger partial charge on any atom is -0.481 e. The van der Waals surface area contributed by atoms with Crippen LogP contribution >= 0.6 is 0 Å². The lowest BCUT2D eigenvalue weighted by molar-refractivity contribution is -0.142. The highest BCUT2D eigenvalue weighted by Crippen LogP contribution is 2.24. The zero-order valence-corrected chi connectivity index (χ0v) is 12.0. The highest BCUT2D eigenvalue weighted by atomic mass is 16.5. The van der Waals surface area contributed by atoms with E-state index in [0.717, 1.165) is 38.7 Å². The van der Waals surface area contributed by atoms with Gasteiger partial charge in [0.15, 0.2) is 0 Å². The van der Waals surface area contributed by atoms with Crippen molar-refractivity contribution in [2.45, 2.75) is 69.9 Å². The molecule has 0 bridgehead atoms.